The van der Waals surface area contributed by atoms with Crippen molar-refractivity contribution in [2.75, 3.05) is 32.1 Å². The van der Waals surface area contributed by atoms with Crippen LogP contribution in [0.2, 0.25) is 0 Å². The molecule has 2 aromatic heterocycles. The van der Waals surface area contributed by atoms with Crippen LogP contribution in [0.15, 0.2) is 60.8 Å². The minimum atomic E-state index is 0.522. The van der Waals surface area contributed by atoms with Crippen LogP contribution >= 0.6 is 0 Å². The van der Waals surface area contributed by atoms with Gasteiger partial charge in [-0.2, -0.15) is 4.98 Å². The lowest BCUT2D eigenvalue weighted by Crippen LogP contribution is -2.29. The zero-order valence-electron chi connectivity index (χ0n) is 17.9. The number of hydrogen-bond donors (Lipinski definition) is 1. The summed E-state index contributed by atoms with van der Waals surface area (Å²) in [4.78, 5) is 16.8. The first-order valence-corrected chi connectivity index (χ1v) is 10.1. The van der Waals surface area contributed by atoms with E-state index in [0.29, 0.717) is 11.8 Å². The van der Waals surface area contributed by atoms with Crippen molar-refractivity contribution >= 4 is 22.5 Å². The molecule has 2 heterocycles. The fraction of sp³-hybridized carbons (Fsp3) is 0.250. The van der Waals surface area contributed by atoms with Crippen molar-refractivity contribution in [2.24, 2.45) is 0 Å². The summed E-state index contributed by atoms with van der Waals surface area (Å²) in [6.45, 7) is 5.79. The van der Waals surface area contributed by atoms with Gasteiger partial charge in [-0.3, -0.25) is 0 Å². The number of anilines is 2. The summed E-state index contributed by atoms with van der Waals surface area (Å²) in [6, 6.07) is 18.3. The smallest absolute Gasteiger partial charge is 0.233 e. The predicted molar refractivity (Wildman–Crippen MR) is 122 cm³/mol. The molecule has 0 bridgehead atoms. The Morgan fingerprint density at radius 3 is 2.63 bits per heavy atom. The second kappa shape index (κ2) is 8.55. The number of aromatic amines is 1. The minimum Gasteiger partial charge on any atom is -0.439 e. The van der Waals surface area contributed by atoms with E-state index in [1.54, 1.807) is 12.3 Å². The third-order valence-corrected chi connectivity index (χ3v) is 4.89. The zero-order chi connectivity index (χ0) is 21.1. The van der Waals surface area contributed by atoms with E-state index in [1.807, 2.05) is 25.1 Å². The molecule has 0 spiro atoms. The first-order chi connectivity index (χ1) is 14.5. The zero-order valence-corrected chi connectivity index (χ0v) is 17.9. The average Bonchev–Trinajstić information content (AvgIpc) is 3.08. The highest BCUT2D eigenvalue weighted by atomic mass is 16.5. The fourth-order valence-corrected chi connectivity index (χ4v) is 3.40. The van der Waals surface area contributed by atoms with Gasteiger partial charge in [0.1, 0.15) is 5.75 Å². The molecule has 1 N–H and O–H groups in total. The van der Waals surface area contributed by atoms with Crippen LogP contribution in [0.4, 0.5) is 11.6 Å². The fourth-order valence-electron chi connectivity index (χ4n) is 3.40. The molecule has 0 radical (unpaired) electrons. The quantitative estimate of drug-likeness (QED) is 0.469. The Morgan fingerprint density at radius 1 is 0.967 bits per heavy atom. The maximum Gasteiger partial charge on any atom is 0.233 e. The van der Waals surface area contributed by atoms with Crippen molar-refractivity contribution in [3.8, 4) is 11.6 Å². The van der Waals surface area contributed by atoms with Gasteiger partial charge in [0.25, 0.3) is 0 Å². The second-order valence-electron chi connectivity index (χ2n) is 7.79. The van der Waals surface area contributed by atoms with E-state index < -0.39 is 0 Å². The summed E-state index contributed by atoms with van der Waals surface area (Å²) in [5, 5.41) is 1.12. The number of nitrogens with one attached hydrogen (secondary N) is 1. The van der Waals surface area contributed by atoms with Crippen LogP contribution in [0.25, 0.3) is 10.9 Å². The summed E-state index contributed by atoms with van der Waals surface area (Å²) in [5.41, 5.74) is 4.49. The third kappa shape index (κ3) is 4.60. The molecule has 0 saturated heterocycles. The standard InChI is InChI=1S/C24H27N5O/c1-17-6-5-7-20(14-17)29(13-12-28(3)4)24-25-11-10-23(27-24)30-21-8-9-22-19(16-21)15-18(2)26-22/h5-11,14-16,26H,12-13H2,1-4H3. The van der Waals surface area contributed by atoms with Crippen molar-refractivity contribution in [1.29, 1.82) is 0 Å². The molecular weight excluding hydrogens is 374 g/mol. The lowest BCUT2D eigenvalue weighted by Gasteiger charge is -2.25. The second-order valence-corrected chi connectivity index (χ2v) is 7.79. The molecule has 0 aliphatic rings. The van der Waals surface area contributed by atoms with Crippen LogP contribution in [0.5, 0.6) is 11.6 Å². The monoisotopic (exact) mass is 401 g/mol. The number of aromatic nitrogens is 3. The van der Waals surface area contributed by atoms with Crippen LogP contribution in [0, 0.1) is 13.8 Å². The normalized spacial score (nSPS) is 11.2. The van der Waals surface area contributed by atoms with Gasteiger partial charge in [0, 0.05) is 47.6 Å². The van der Waals surface area contributed by atoms with Gasteiger partial charge in [0.2, 0.25) is 11.8 Å². The predicted octanol–water partition coefficient (Wildman–Crippen LogP) is 5.07. The van der Waals surface area contributed by atoms with Crippen LogP contribution in [-0.2, 0) is 0 Å². The Bertz CT molecular complexity index is 1150. The van der Waals surface area contributed by atoms with Crippen LogP contribution < -0.4 is 9.64 Å². The van der Waals surface area contributed by atoms with Crippen LogP contribution in [0.3, 0.4) is 0 Å². The van der Waals surface area contributed by atoms with Gasteiger partial charge in [-0.1, -0.05) is 12.1 Å². The van der Waals surface area contributed by atoms with E-state index in [4.69, 9.17) is 9.72 Å². The van der Waals surface area contributed by atoms with Crippen molar-refractivity contribution in [3.05, 3.63) is 72.1 Å². The van der Waals surface area contributed by atoms with E-state index >= 15 is 0 Å². The molecule has 6 nitrogen and oxygen atoms in total. The molecule has 0 unspecified atom stereocenters. The minimum absolute atomic E-state index is 0.522. The SMILES string of the molecule is Cc1cccc(N(CCN(C)C)c2nccc(Oc3ccc4[nH]c(C)cc4c3)n2)c1. The molecule has 30 heavy (non-hydrogen) atoms. The number of H-pyrrole nitrogens is 1. The number of hydrogen-bond acceptors (Lipinski definition) is 5. The number of ether oxygens (including phenoxy) is 1. The van der Waals surface area contributed by atoms with Gasteiger partial charge in [-0.25, -0.2) is 4.98 Å². The van der Waals surface area contributed by atoms with Crippen LogP contribution in [-0.4, -0.2) is 47.0 Å². The number of fused-ring (bicyclic) bond motifs is 1. The Kier molecular flexibility index (Phi) is 5.68. The summed E-state index contributed by atoms with van der Waals surface area (Å²) >= 11 is 0. The number of rotatable bonds is 7. The summed E-state index contributed by atoms with van der Waals surface area (Å²) in [7, 11) is 4.13. The highest BCUT2D eigenvalue weighted by Gasteiger charge is 2.14. The highest BCUT2D eigenvalue weighted by Crippen LogP contribution is 2.28. The van der Waals surface area contributed by atoms with Crippen LogP contribution in [0.1, 0.15) is 11.3 Å². The Morgan fingerprint density at radius 2 is 1.83 bits per heavy atom. The van der Waals surface area contributed by atoms with Gasteiger partial charge in [0.05, 0.1) is 0 Å². The number of likely N-dealkylation sites (N-methyl/N-ethyl adjacent to an activating group) is 1. The van der Waals surface area contributed by atoms with Crippen molar-refractivity contribution in [2.45, 2.75) is 13.8 Å². The van der Waals surface area contributed by atoms with Crippen molar-refractivity contribution in [3.63, 3.8) is 0 Å². The van der Waals surface area contributed by atoms with Gasteiger partial charge in [-0.15, -0.1) is 0 Å². The molecule has 0 atom stereocenters. The first-order valence-electron chi connectivity index (χ1n) is 10.1. The molecule has 0 aliphatic heterocycles. The number of aryl methyl sites for hydroxylation is 2. The molecule has 154 valence electrons. The molecule has 6 heteroatoms. The first kappa shape index (κ1) is 19.9. The topological polar surface area (TPSA) is 57.3 Å². The molecule has 4 rings (SSSR count). The maximum absolute atomic E-state index is 6.07. The number of benzene rings is 2. The van der Waals surface area contributed by atoms with Gasteiger partial charge >= 0.3 is 0 Å². The van der Waals surface area contributed by atoms with Crippen molar-refractivity contribution < 1.29 is 4.74 Å². The van der Waals surface area contributed by atoms with E-state index in [1.165, 1.54) is 5.56 Å². The van der Waals surface area contributed by atoms with Crippen molar-refractivity contribution in [1.82, 2.24) is 19.9 Å². The summed E-state index contributed by atoms with van der Waals surface area (Å²) in [6.07, 6.45) is 1.75. The van der Waals surface area contributed by atoms with E-state index in [0.717, 1.165) is 41.1 Å². The molecule has 0 amide bonds. The van der Waals surface area contributed by atoms with Gasteiger partial charge in [-0.05, 0) is 69.9 Å². The lowest BCUT2D eigenvalue weighted by molar-refractivity contribution is 0.417. The molecule has 0 saturated carbocycles. The molecule has 4 aromatic rings. The van der Waals surface area contributed by atoms with Gasteiger partial charge < -0.3 is 19.5 Å². The van der Waals surface area contributed by atoms with Gasteiger partial charge in [0.15, 0.2) is 0 Å². The molecule has 0 aliphatic carbocycles. The third-order valence-electron chi connectivity index (χ3n) is 4.89. The molecule has 2 aromatic carbocycles. The van der Waals surface area contributed by atoms with E-state index in [-0.39, 0.29) is 0 Å². The maximum atomic E-state index is 6.07. The Labute approximate surface area is 177 Å². The average molecular weight is 402 g/mol. The summed E-state index contributed by atoms with van der Waals surface area (Å²) < 4.78 is 6.07. The molecule has 0 fully saturated rings. The van der Waals surface area contributed by atoms with E-state index in [2.05, 4.69) is 71.1 Å². The Balaban J connectivity index is 1.62. The largest absolute Gasteiger partial charge is 0.439 e. The highest BCUT2D eigenvalue weighted by molar-refractivity contribution is 5.81. The lowest BCUT2D eigenvalue weighted by atomic mass is 10.2. The number of nitrogens with zero attached hydrogens (tertiary/aromatic N) is 4. The summed E-state index contributed by atoms with van der Waals surface area (Å²) in [5.74, 6) is 1.90. The molecular formula is C24H27N5O. The Hall–Kier alpha value is -3.38. The van der Waals surface area contributed by atoms with E-state index in [9.17, 15) is 0 Å².